The van der Waals surface area contributed by atoms with E-state index < -0.39 is 29.1 Å². The predicted octanol–water partition coefficient (Wildman–Crippen LogP) is 3.45. The largest absolute Gasteiger partial charge is 0.464 e. The summed E-state index contributed by atoms with van der Waals surface area (Å²) in [5.74, 6) is -5.80. The van der Waals surface area contributed by atoms with E-state index in [1.807, 2.05) is 0 Å². The van der Waals surface area contributed by atoms with Gasteiger partial charge in [0, 0.05) is 5.56 Å². The third-order valence-electron chi connectivity index (χ3n) is 3.35. The molecule has 124 valence electrons. The smallest absolute Gasteiger partial charge is 0.355 e. The second-order valence-electron chi connectivity index (χ2n) is 4.80. The number of benzene rings is 1. The van der Waals surface area contributed by atoms with Gasteiger partial charge in [-0.1, -0.05) is 0 Å². The zero-order valence-corrected chi connectivity index (χ0v) is 12.9. The van der Waals surface area contributed by atoms with Crippen molar-refractivity contribution in [3.05, 3.63) is 64.6 Å². The minimum atomic E-state index is -3.59. The molecule has 3 aromatic rings. The van der Waals surface area contributed by atoms with E-state index >= 15 is 0 Å². The number of esters is 1. The molecular weight excluding hydrogens is 347 g/mol. The van der Waals surface area contributed by atoms with Crippen molar-refractivity contribution in [2.75, 3.05) is 7.11 Å². The van der Waals surface area contributed by atoms with Gasteiger partial charge in [0.2, 0.25) is 11.1 Å². The van der Waals surface area contributed by atoms with Gasteiger partial charge in [-0.15, -0.1) is 0 Å². The maximum absolute atomic E-state index is 14.6. The molecule has 0 saturated carbocycles. The first kappa shape index (κ1) is 16.3. The summed E-state index contributed by atoms with van der Waals surface area (Å²) in [5.41, 5.74) is -0.467. The molecule has 0 bridgehead atoms. The Morgan fingerprint density at radius 1 is 1.17 bits per heavy atom. The Balaban J connectivity index is 2.14. The van der Waals surface area contributed by atoms with Crippen LogP contribution in [0.2, 0.25) is 5.28 Å². The molecule has 5 nitrogen and oxygen atoms in total. The molecule has 9 heteroatoms. The Bertz CT molecular complexity index is 926. The summed E-state index contributed by atoms with van der Waals surface area (Å²) >= 11 is 5.94. The van der Waals surface area contributed by atoms with Gasteiger partial charge in [-0.05, 0) is 48.0 Å². The molecule has 0 radical (unpaired) electrons. The molecule has 1 aromatic carbocycles. The summed E-state index contributed by atoms with van der Waals surface area (Å²) in [4.78, 5) is 19.0. The highest BCUT2D eigenvalue weighted by Gasteiger charge is 2.38. The maximum Gasteiger partial charge on any atom is 0.355 e. The van der Waals surface area contributed by atoms with Crippen LogP contribution in [0.4, 0.5) is 13.2 Å². The zero-order valence-electron chi connectivity index (χ0n) is 12.1. The lowest BCUT2D eigenvalue weighted by Gasteiger charge is -2.16. The molecule has 0 N–H and O–H groups in total. The first-order chi connectivity index (χ1) is 11.3. The fraction of sp³-hybridized carbons (Fsp3) is 0.133. The average molecular weight is 356 g/mol. The Hall–Kier alpha value is -2.61. The molecular formula is C15H9ClF3N3O2. The summed E-state index contributed by atoms with van der Waals surface area (Å²) in [5, 5.41) is -0.373. The SMILES string of the molecule is COC(=O)c1ccc2nc(C(F)(F)c3ccc(F)cc3)nc(Cl)n12. The molecule has 2 aromatic heterocycles. The maximum atomic E-state index is 14.6. The number of rotatable bonds is 3. The number of carbonyl (C=O) groups excluding carboxylic acids is 1. The number of ether oxygens (including phenoxy) is 1. The molecule has 0 spiro atoms. The number of hydrogen-bond acceptors (Lipinski definition) is 4. The van der Waals surface area contributed by atoms with Crippen LogP contribution in [0, 0.1) is 5.82 Å². The van der Waals surface area contributed by atoms with Crippen LogP contribution in [0.5, 0.6) is 0 Å². The second kappa shape index (κ2) is 5.79. The molecule has 0 fully saturated rings. The van der Waals surface area contributed by atoms with Gasteiger partial charge in [0.25, 0.3) is 0 Å². The van der Waals surface area contributed by atoms with Gasteiger partial charge >= 0.3 is 11.9 Å². The fourth-order valence-electron chi connectivity index (χ4n) is 2.17. The van der Waals surface area contributed by atoms with E-state index in [-0.39, 0.29) is 16.6 Å². The second-order valence-corrected chi connectivity index (χ2v) is 5.14. The number of alkyl halides is 2. The Morgan fingerprint density at radius 2 is 1.83 bits per heavy atom. The Labute approximate surface area is 138 Å². The van der Waals surface area contributed by atoms with Gasteiger partial charge in [-0.2, -0.15) is 13.8 Å². The molecule has 24 heavy (non-hydrogen) atoms. The molecule has 0 unspecified atom stereocenters. The Kier molecular flexibility index (Phi) is 3.92. The van der Waals surface area contributed by atoms with Crippen molar-refractivity contribution in [2.45, 2.75) is 5.92 Å². The van der Waals surface area contributed by atoms with Gasteiger partial charge in [-0.3, -0.25) is 4.40 Å². The molecule has 0 aliphatic carbocycles. The number of hydrogen-bond donors (Lipinski definition) is 0. The van der Waals surface area contributed by atoms with Crippen LogP contribution >= 0.6 is 11.6 Å². The van der Waals surface area contributed by atoms with E-state index in [9.17, 15) is 18.0 Å². The summed E-state index contributed by atoms with van der Waals surface area (Å²) in [6, 6.07) is 6.38. The monoisotopic (exact) mass is 355 g/mol. The van der Waals surface area contributed by atoms with Crippen LogP contribution in [0.3, 0.4) is 0 Å². The first-order valence-corrected chi connectivity index (χ1v) is 7.00. The first-order valence-electron chi connectivity index (χ1n) is 6.62. The molecule has 0 amide bonds. The standard InChI is InChI=1S/C15H9ClF3N3O2/c1-24-12(23)10-6-7-11-20-13(21-14(16)22(10)11)15(18,19)8-2-4-9(17)5-3-8/h2-7H,1H3. The number of aromatic nitrogens is 3. The van der Waals surface area contributed by atoms with Crippen molar-refractivity contribution >= 4 is 23.2 Å². The summed E-state index contributed by atoms with van der Waals surface area (Å²) in [7, 11) is 1.17. The molecule has 2 heterocycles. The number of carbonyl (C=O) groups is 1. The molecule has 0 aliphatic rings. The van der Waals surface area contributed by atoms with Crippen LogP contribution in [-0.4, -0.2) is 27.4 Å². The molecule has 0 saturated heterocycles. The van der Waals surface area contributed by atoms with Crippen molar-refractivity contribution in [1.29, 1.82) is 0 Å². The highest BCUT2D eigenvalue weighted by molar-refractivity contribution is 6.28. The van der Waals surface area contributed by atoms with Crippen molar-refractivity contribution in [1.82, 2.24) is 14.4 Å². The quantitative estimate of drug-likeness (QED) is 0.675. The fourth-order valence-corrected chi connectivity index (χ4v) is 2.43. The van der Waals surface area contributed by atoms with E-state index in [0.717, 1.165) is 28.7 Å². The minimum absolute atomic E-state index is 0.00665. The van der Waals surface area contributed by atoms with Gasteiger partial charge in [-0.25, -0.2) is 14.2 Å². The van der Waals surface area contributed by atoms with Crippen molar-refractivity contribution in [3.8, 4) is 0 Å². The average Bonchev–Trinajstić information content (AvgIpc) is 2.99. The van der Waals surface area contributed by atoms with Gasteiger partial charge < -0.3 is 4.74 Å². The van der Waals surface area contributed by atoms with Gasteiger partial charge in [0.15, 0.2) is 0 Å². The van der Waals surface area contributed by atoms with Crippen LogP contribution in [-0.2, 0) is 10.7 Å². The van der Waals surface area contributed by atoms with Crippen molar-refractivity contribution in [3.63, 3.8) is 0 Å². The summed E-state index contributed by atoms with van der Waals surface area (Å²) in [6.07, 6.45) is 0. The minimum Gasteiger partial charge on any atom is -0.464 e. The van der Waals surface area contributed by atoms with E-state index in [4.69, 9.17) is 11.6 Å². The normalized spacial score (nSPS) is 11.7. The van der Waals surface area contributed by atoms with Crippen LogP contribution in [0.25, 0.3) is 5.65 Å². The summed E-state index contributed by atoms with van der Waals surface area (Å²) in [6.45, 7) is 0. The Morgan fingerprint density at radius 3 is 2.46 bits per heavy atom. The third-order valence-corrected chi connectivity index (χ3v) is 3.60. The van der Waals surface area contributed by atoms with E-state index in [2.05, 4.69) is 14.7 Å². The van der Waals surface area contributed by atoms with Crippen molar-refractivity contribution in [2.24, 2.45) is 0 Å². The lowest BCUT2D eigenvalue weighted by molar-refractivity contribution is 0.0328. The molecule has 0 aliphatic heterocycles. The lowest BCUT2D eigenvalue weighted by atomic mass is 10.1. The van der Waals surface area contributed by atoms with Gasteiger partial charge in [0.1, 0.15) is 17.2 Å². The zero-order chi connectivity index (χ0) is 17.5. The molecule has 0 atom stereocenters. The van der Waals surface area contributed by atoms with Gasteiger partial charge in [0.05, 0.1) is 7.11 Å². The molecule has 3 rings (SSSR count). The van der Waals surface area contributed by atoms with E-state index in [1.165, 1.54) is 19.2 Å². The third kappa shape index (κ3) is 2.58. The van der Waals surface area contributed by atoms with Crippen molar-refractivity contribution < 1.29 is 22.7 Å². The number of methoxy groups -OCH3 is 1. The van der Waals surface area contributed by atoms with E-state index in [0.29, 0.717) is 0 Å². The van der Waals surface area contributed by atoms with Crippen LogP contribution < -0.4 is 0 Å². The predicted molar refractivity (Wildman–Crippen MR) is 78.7 cm³/mol. The highest BCUT2D eigenvalue weighted by Crippen LogP contribution is 2.34. The van der Waals surface area contributed by atoms with E-state index in [1.54, 1.807) is 0 Å². The van der Waals surface area contributed by atoms with Crippen LogP contribution in [0.15, 0.2) is 36.4 Å². The highest BCUT2D eigenvalue weighted by atomic mass is 35.5. The summed E-state index contributed by atoms with van der Waals surface area (Å²) < 4.78 is 47.7. The number of halogens is 4. The van der Waals surface area contributed by atoms with Crippen LogP contribution in [0.1, 0.15) is 21.9 Å². The number of nitrogens with zero attached hydrogens (tertiary/aromatic N) is 3. The lowest BCUT2D eigenvalue weighted by Crippen LogP contribution is -2.21. The topological polar surface area (TPSA) is 56.5 Å². The number of fused-ring (bicyclic) bond motifs is 1.